The van der Waals surface area contributed by atoms with E-state index in [-0.39, 0.29) is 16.7 Å². The van der Waals surface area contributed by atoms with Gasteiger partial charge in [-0.2, -0.15) is 4.72 Å². The van der Waals surface area contributed by atoms with Crippen LogP contribution in [0.5, 0.6) is 17.2 Å². The second-order valence-corrected chi connectivity index (χ2v) is 9.35. The van der Waals surface area contributed by atoms with Crippen molar-refractivity contribution in [3.05, 3.63) is 83.7 Å². The number of ether oxygens (including phenoxy) is 3. The first-order chi connectivity index (χ1) is 16.9. The van der Waals surface area contributed by atoms with Crippen LogP contribution in [0.3, 0.4) is 0 Å². The lowest BCUT2D eigenvalue weighted by atomic mass is 10.1. The van der Waals surface area contributed by atoms with E-state index in [1.165, 1.54) is 33.5 Å². The van der Waals surface area contributed by atoms with Crippen molar-refractivity contribution in [2.75, 3.05) is 21.3 Å². The Morgan fingerprint density at radius 3 is 2.06 bits per heavy atom. The summed E-state index contributed by atoms with van der Waals surface area (Å²) in [6.45, 7) is 1.88. The summed E-state index contributed by atoms with van der Waals surface area (Å²) in [5.41, 5.74) is 2.10. The van der Waals surface area contributed by atoms with Gasteiger partial charge in [0.2, 0.25) is 27.6 Å². The van der Waals surface area contributed by atoms with Gasteiger partial charge in [-0.25, -0.2) is 8.42 Å². The number of methoxy groups -OCH3 is 3. The predicted octanol–water partition coefficient (Wildman–Crippen LogP) is 4.14. The van der Waals surface area contributed by atoms with Crippen molar-refractivity contribution in [3.63, 3.8) is 0 Å². The number of aromatic nitrogens is 2. The third-order valence-corrected chi connectivity index (χ3v) is 6.77. The van der Waals surface area contributed by atoms with Gasteiger partial charge in [-0.3, -0.25) is 0 Å². The summed E-state index contributed by atoms with van der Waals surface area (Å²) >= 11 is 0. The summed E-state index contributed by atoms with van der Waals surface area (Å²) in [6, 6.07) is 17.9. The van der Waals surface area contributed by atoms with E-state index >= 15 is 0 Å². The Balaban J connectivity index is 1.83. The Kier molecular flexibility index (Phi) is 7.04. The minimum absolute atomic E-state index is 0.0498. The maximum Gasteiger partial charge on any atom is 0.247 e. The molecule has 4 rings (SSSR count). The van der Waals surface area contributed by atoms with E-state index < -0.39 is 16.1 Å². The van der Waals surface area contributed by atoms with Crippen molar-refractivity contribution >= 4 is 10.0 Å². The van der Waals surface area contributed by atoms with Crippen LogP contribution in [0.2, 0.25) is 0 Å². The van der Waals surface area contributed by atoms with Crippen molar-refractivity contribution in [1.82, 2.24) is 14.9 Å². The van der Waals surface area contributed by atoms with Gasteiger partial charge in [-0.1, -0.05) is 35.9 Å². The van der Waals surface area contributed by atoms with Crippen LogP contribution in [0, 0.1) is 6.92 Å². The molecule has 0 bridgehead atoms. The van der Waals surface area contributed by atoms with Crippen molar-refractivity contribution < 1.29 is 27.0 Å². The molecule has 1 aromatic heterocycles. The summed E-state index contributed by atoms with van der Waals surface area (Å²) in [5, 5.41) is 8.29. The molecule has 182 valence electrons. The highest BCUT2D eigenvalue weighted by atomic mass is 32.2. The standard InChI is InChI=1S/C25H25N3O6S/c1-16-10-12-19(13-11-16)35(29,30)28-22(18-14-20(31-2)23(33-4)21(15-18)32-3)25-27-26-24(34-25)17-8-6-5-7-9-17/h5-15,22,28H,1-4H3. The Morgan fingerprint density at radius 1 is 0.857 bits per heavy atom. The Hall–Kier alpha value is -3.89. The van der Waals surface area contributed by atoms with Gasteiger partial charge in [0.05, 0.1) is 26.2 Å². The maximum absolute atomic E-state index is 13.3. The molecule has 9 nitrogen and oxygen atoms in total. The molecule has 0 aliphatic rings. The SMILES string of the molecule is COc1cc(C(NS(=O)(=O)c2ccc(C)cc2)c2nnc(-c3ccccc3)o2)cc(OC)c1OC. The largest absolute Gasteiger partial charge is 0.493 e. The van der Waals surface area contributed by atoms with Crippen LogP contribution < -0.4 is 18.9 Å². The van der Waals surface area contributed by atoms with Crippen LogP contribution in [-0.4, -0.2) is 39.9 Å². The van der Waals surface area contributed by atoms with Crippen molar-refractivity contribution in [1.29, 1.82) is 0 Å². The molecule has 0 radical (unpaired) electrons. The smallest absolute Gasteiger partial charge is 0.247 e. The van der Waals surface area contributed by atoms with E-state index in [4.69, 9.17) is 18.6 Å². The number of rotatable bonds is 9. The maximum atomic E-state index is 13.3. The van der Waals surface area contributed by atoms with Crippen LogP contribution >= 0.6 is 0 Å². The Bertz CT molecular complexity index is 1380. The summed E-state index contributed by atoms with van der Waals surface area (Å²) in [7, 11) is 0.472. The number of hydrogen-bond donors (Lipinski definition) is 1. The lowest BCUT2D eigenvalue weighted by Gasteiger charge is -2.19. The molecule has 1 unspecified atom stereocenters. The van der Waals surface area contributed by atoms with E-state index in [9.17, 15) is 8.42 Å². The lowest BCUT2D eigenvalue weighted by molar-refractivity contribution is 0.323. The molecule has 0 spiro atoms. The van der Waals surface area contributed by atoms with Gasteiger partial charge in [0.25, 0.3) is 0 Å². The van der Waals surface area contributed by atoms with Crippen LogP contribution in [0.4, 0.5) is 0 Å². The molecule has 4 aromatic rings. The number of nitrogens with one attached hydrogen (secondary N) is 1. The van der Waals surface area contributed by atoms with Gasteiger partial charge in [0.1, 0.15) is 6.04 Å². The predicted molar refractivity (Wildman–Crippen MR) is 129 cm³/mol. The molecular formula is C25H25N3O6S. The first kappa shape index (κ1) is 24.2. The summed E-state index contributed by atoms with van der Waals surface area (Å²) in [6.07, 6.45) is 0. The first-order valence-corrected chi connectivity index (χ1v) is 12.1. The van der Waals surface area contributed by atoms with E-state index in [0.29, 0.717) is 28.4 Å². The third-order valence-electron chi connectivity index (χ3n) is 5.33. The zero-order chi connectivity index (χ0) is 25.0. The summed E-state index contributed by atoms with van der Waals surface area (Å²) < 4.78 is 51.6. The average molecular weight is 496 g/mol. The highest BCUT2D eigenvalue weighted by molar-refractivity contribution is 7.89. The van der Waals surface area contributed by atoms with Gasteiger partial charge in [-0.05, 0) is 48.9 Å². The molecular weight excluding hydrogens is 470 g/mol. The van der Waals surface area contributed by atoms with Gasteiger partial charge in [-0.15, -0.1) is 10.2 Å². The molecule has 0 saturated carbocycles. The monoisotopic (exact) mass is 495 g/mol. The molecule has 1 atom stereocenters. The second kappa shape index (κ2) is 10.2. The first-order valence-electron chi connectivity index (χ1n) is 10.6. The van der Waals surface area contributed by atoms with Crippen LogP contribution in [0.15, 0.2) is 76.0 Å². The van der Waals surface area contributed by atoms with Gasteiger partial charge < -0.3 is 18.6 Å². The van der Waals surface area contributed by atoms with Crippen molar-refractivity contribution in [2.24, 2.45) is 0 Å². The molecule has 10 heteroatoms. The fourth-order valence-corrected chi connectivity index (χ4v) is 4.70. The molecule has 0 saturated heterocycles. The fraction of sp³-hybridized carbons (Fsp3) is 0.200. The molecule has 0 fully saturated rings. The number of nitrogens with zero attached hydrogens (tertiary/aromatic N) is 2. The zero-order valence-corrected chi connectivity index (χ0v) is 20.5. The quantitative estimate of drug-likeness (QED) is 0.369. The molecule has 0 amide bonds. The highest BCUT2D eigenvalue weighted by Gasteiger charge is 2.30. The highest BCUT2D eigenvalue weighted by Crippen LogP contribution is 2.41. The number of hydrogen-bond acceptors (Lipinski definition) is 8. The van der Waals surface area contributed by atoms with E-state index in [0.717, 1.165) is 5.56 Å². The van der Waals surface area contributed by atoms with Crippen LogP contribution in [0.1, 0.15) is 23.1 Å². The molecule has 0 aliphatic carbocycles. The molecule has 35 heavy (non-hydrogen) atoms. The third kappa shape index (κ3) is 5.13. The minimum Gasteiger partial charge on any atom is -0.493 e. The summed E-state index contributed by atoms with van der Waals surface area (Å²) in [5.74, 6) is 1.38. The van der Waals surface area contributed by atoms with E-state index in [1.54, 1.807) is 24.3 Å². The van der Waals surface area contributed by atoms with Crippen molar-refractivity contribution in [2.45, 2.75) is 17.9 Å². The van der Waals surface area contributed by atoms with Crippen molar-refractivity contribution in [3.8, 4) is 28.7 Å². The minimum atomic E-state index is -3.97. The lowest BCUT2D eigenvalue weighted by Crippen LogP contribution is -2.30. The summed E-state index contributed by atoms with van der Waals surface area (Å²) in [4.78, 5) is 0.100. The van der Waals surface area contributed by atoms with Gasteiger partial charge in [0.15, 0.2) is 11.5 Å². The molecule has 3 aromatic carbocycles. The van der Waals surface area contributed by atoms with Gasteiger partial charge >= 0.3 is 0 Å². The van der Waals surface area contributed by atoms with E-state index in [1.807, 2.05) is 37.3 Å². The van der Waals surface area contributed by atoms with Crippen LogP contribution in [0.25, 0.3) is 11.5 Å². The number of benzene rings is 3. The zero-order valence-electron chi connectivity index (χ0n) is 19.7. The molecule has 1 N–H and O–H groups in total. The average Bonchev–Trinajstić information content (AvgIpc) is 3.37. The molecule has 1 heterocycles. The van der Waals surface area contributed by atoms with Crippen LogP contribution in [-0.2, 0) is 10.0 Å². The fourth-order valence-electron chi connectivity index (χ4n) is 3.52. The topological polar surface area (TPSA) is 113 Å². The number of aryl methyl sites for hydroxylation is 1. The Labute approximate surface area is 203 Å². The van der Waals surface area contributed by atoms with Gasteiger partial charge in [0, 0.05) is 5.56 Å². The number of sulfonamides is 1. The second-order valence-electron chi connectivity index (χ2n) is 7.64. The molecule has 0 aliphatic heterocycles. The Morgan fingerprint density at radius 2 is 1.49 bits per heavy atom. The van der Waals surface area contributed by atoms with E-state index in [2.05, 4.69) is 14.9 Å². The normalized spacial score (nSPS) is 12.2.